The fourth-order valence-corrected chi connectivity index (χ4v) is 2.50. The predicted octanol–water partition coefficient (Wildman–Crippen LogP) is -0.0727. The standard InChI is InChI=1S/C11H14N2O5S/c1-12-11(14)6-13(19(2,15)16)8-3-4-9-10(5-8)18-7-17-9/h3-5H,6-7H2,1-2H3,(H,12,14). The molecule has 1 aromatic rings. The summed E-state index contributed by atoms with van der Waals surface area (Å²) in [6.07, 6.45) is 1.04. The van der Waals surface area contributed by atoms with E-state index in [1.54, 1.807) is 12.1 Å². The number of sulfonamides is 1. The van der Waals surface area contributed by atoms with Crippen LogP contribution in [0.2, 0.25) is 0 Å². The van der Waals surface area contributed by atoms with Crippen LogP contribution in [0.15, 0.2) is 18.2 Å². The lowest BCUT2D eigenvalue weighted by Gasteiger charge is -2.21. The Kier molecular flexibility index (Phi) is 3.52. The fraction of sp³-hybridized carbons (Fsp3) is 0.364. The summed E-state index contributed by atoms with van der Waals surface area (Å²) in [5.74, 6) is 0.614. The molecule has 1 amide bonds. The van der Waals surface area contributed by atoms with Crippen molar-refractivity contribution in [3.8, 4) is 11.5 Å². The van der Waals surface area contributed by atoms with Gasteiger partial charge < -0.3 is 14.8 Å². The zero-order chi connectivity index (χ0) is 14.0. The number of nitrogens with zero attached hydrogens (tertiary/aromatic N) is 1. The van der Waals surface area contributed by atoms with Gasteiger partial charge in [0.25, 0.3) is 0 Å². The van der Waals surface area contributed by atoms with Gasteiger partial charge in [0, 0.05) is 13.1 Å². The van der Waals surface area contributed by atoms with Crippen LogP contribution >= 0.6 is 0 Å². The van der Waals surface area contributed by atoms with Crippen molar-refractivity contribution < 1.29 is 22.7 Å². The Morgan fingerprint density at radius 1 is 1.37 bits per heavy atom. The highest BCUT2D eigenvalue weighted by molar-refractivity contribution is 7.92. The number of carbonyl (C=O) groups is 1. The lowest BCUT2D eigenvalue weighted by molar-refractivity contribution is -0.119. The number of fused-ring (bicyclic) bond motifs is 1. The second kappa shape index (κ2) is 4.96. The molecule has 0 fully saturated rings. The topological polar surface area (TPSA) is 84.9 Å². The van der Waals surface area contributed by atoms with E-state index in [-0.39, 0.29) is 13.3 Å². The first kappa shape index (κ1) is 13.5. The SMILES string of the molecule is CNC(=O)CN(c1ccc2c(c1)OCO2)S(C)(=O)=O. The quantitative estimate of drug-likeness (QED) is 0.837. The van der Waals surface area contributed by atoms with Crippen molar-refractivity contribution in [2.45, 2.75) is 0 Å². The van der Waals surface area contributed by atoms with Crippen LogP contribution < -0.4 is 19.1 Å². The normalized spacial score (nSPS) is 13.2. The first-order valence-electron chi connectivity index (χ1n) is 5.50. The van der Waals surface area contributed by atoms with Crippen molar-refractivity contribution in [3.63, 3.8) is 0 Å². The van der Waals surface area contributed by atoms with Gasteiger partial charge in [-0.3, -0.25) is 9.10 Å². The third kappa shape index (κ3) is 2.90. The second-order valence-corrected chi connectivity index (χ2v) is 5.89. The molecule has 0 unspecified atom stereocenters. The number of benzene rings is 1. The molecule has 7 nitrogen and oxygen atoms in total. The molecule has 8 heteroatoms. The minimum absolute atomic E-state index is 0.104. The van der Waals surface area contributed by atoms with Crippen LogP contribution in [0, 0.1) is 0 Å². The van der Waals surface area contributed by atoms with Gasteiger partial charge in [-0.1, -0.05) is 0 Å². The molecule has 0 aromatic heterocycles. The van der Waals surface area contributed by atoms with Gasteiger partial charge in [-0.05, 0) is 12.1 Å². The van der Waals surface area contributed by atoms with Gasteiger partial charge in [-0.15, -0.1) is 0 Å². The molecule has 0 radical (unpaired) electrons. The van der Waals surface area contributed by atoms with Crippen LogP contribution in [0.4, 0.5) is 5.69 Å². The van der Waals surface area contributed by atoms with Crippen LogP contribution in [0.1, 0.15) is 0 Å². The predicted molar refractivity (Wildman–Crippen MR) is 68.8 cm³/mol. The zero-order valence-electron chi connectivity index (χ0n) is 10.5. The Hall–Kier alpha value is -1.96. The first-order valence-corrected chi connectivity index (χ1v) is 7.34. The molecule has 19 heavy (non-hydrogen) atoms. The van der Waals surface area contributed by atoms with Gasteiger partial charge in [-0.25, -0.2) is 8.42 Å². The number of nitrogens with one attached hydrogen (secondary N) is 1. The Balaban J connectivity index is 2.36. The summed E-state index contributed by atoms with van der Waals surface area (Å²) in [7, 11) is -2.12. The molecule has 1 aliphatic heterocycles. The van der Waals surface area contributed by atoms with E-state index in [9.17, 15) is 13.2 Å². The van der Waals surface area contributed by atoms with Gasteiger partial charge in [-0.2, -0.15) is 0 Å². The summed E-state index contributed by atoms with van der Waals surface area (Å²) in [6.45, 7) is -0.178. The number of ether oxygens (including phenoxy) is 2. The van der Waals surface area contributed by atoms with Crippen molar-refractivity contribution in [3.05, 3.63) is 18.2 Å². The van der Waals surface area contributed by atoms with Gasteiger partial charge in [0.05, 0.1) is 11.9 Å². The van der Waals surface area contributed by atoms with Gasteiger partial charge in [0.15, 0.2) is 11.5 Å². The third-order valence-corrected chi connectivity index (χ3v) is 3.75. The molecular weight excluding hydrogens is 272 g/mol. The monoisotopic (exact) mass is 286 g/mol. The molecule has 0 bridgehead atoms. The van der Waals surface area contributed by atoms with Crippen LogP contribution in [0.5, 0.6) is 11.5 Å². The minimum Gasteiger partial charge on any atom is -0.454 e. The van der Waals surface area contributed by atoms with E-state index in [0.29, 0.717) is 17.2 Å². The molecule has 0 aliphatic carbocycles. The third-order valence-electron chi connectivity index (χ3n) is 2.61. The Bertz CT molecular complexity index is 599. The highest BCUT2D eigenvalue weighted by Crippen LogP contribution is 2.35. The second-order valence-electron chi connectivity index (χ2n) is 3.98. The van der Waals surface area contributed by atoms with E-state index < -0.39 is 15.9 Å². The van der Waals surface area contributed by atoms with E-state index in [4.69, 9.17) is 9.47 Å². The zero-order valence-corrected chi connectivity index (χ0v) is 11.4. The van der Waals surface area contributed by atoms with Crippen molar-refractivity contribution in [2.75, 3.05) is 30.9 Å². The first-order chi connectivity index (χ1) is 8.91. The number of rotatable bonds is 4. The number of hydrogen-bond donors (Lipinski definition) is 1. The Morgan fingerprint density at radius 2 is 2.05 bits per heavy atom. The summed E-state index contributed by atoms with van der Waals surface area (Å²) >= 11 is 0. The molecule has 0 saturated carbocycles. The van der Waals surface area contributed by atoms with E-state index in [0.717, 1.165) is 10.6 Å². The summed E-state index contributed by atoms with van der Waals surface area (Å²) < 4.78 is 34.9. The number of hydrogen-bond acceptors (Lipinski definition) is 5. The molecular formula is C11H14N2O5S. The average Bonchev–Trinajstić information content (AvgIpc) is 2.81. The minimum atomic E-state index is -3.56. The van der Waals surface area contributed by atoms with E-state index in [1.165, 1.54) is 13.1 Å². The van der Waals surface area contributed by atoms with Crippen LogP contribution in [0.25, 0.3) is 0 Å². The largest absolute Gasteiger partial charge is 0.454 e. The summed E-state index contributed by atoms with van der Waals surface area (Å²) in [6, 6.07) is 4.71. The van der Waals surface area contributed by atoms with Crippen molar-refractivity contribution in [1.82, 2.24) is 5.32 Å². The van der Waals surface area contributed by atoms with Crippen LogP contribution in [-0.4, -0.2) is 41.0 Å². The molecule has 1 aliphatic rings. The fourth-order valence-electron chi connectivity index (χ4n) is 1.65. The van der Waals surface area contributed by atoms with Gasteiger partial charge in [0.2, 0.25) is 22.7 Å². The van der Waals surface area contributed by atoms with Gasteiger partial charge in [0.1, 0.15) is 6.54 Å². The highest BCUT2D eigenvalue weighted by atomic mass is 32.2. The maximum atomic E-state index is 11.8. The molecule has 1 aromatic carbocycles. The lowest BCUT2D eigenvalue weighted by atomic mass is 10.3. The van der Waals surface area contributed by atoms with Crippen LogP contribution in [0.3, 0.4) is 0 Å². The Morgan fingerprint density at radius 3 is 2.68 bits per heavy atom. The molecule has 1 N–H and O–H groups in total. The lowest BCUT2D eigenvalue weighted by Crippen LogP contribution is -2.39. The maximum Gasteiger partial charge on any atom is 0.240 e. The summed E-state index contributed by atoms with van der Waals surface area (Å²) in [5, 5.41) is 2.39. The smallest absolute Gasteiger partial charge is 0.240 e. The van der Waals surface area contributed by atoms with Crippen molar-refractivity contribution in [2.24, 2.45) is 0 Å². The number of carbonyl (C=O) groups excluding carboxylic acids is 1. The number of likely N-dealkylation sites (N-methyl/N-ethyl adjacent to an activating group) is 1. The van der Waals surface area contributed by atoms with Crippen molar-refractivity contribution in [1.29, 1.82) is 0 Å². The average molecular weight is 286 g/mol. The molecule has 0 atom stereocenters. The maximum absolute atomic E-state index is 11.8. The molecule has 0 saturated heterocycles. The molecule has 2 rings (SSSR count). The van der Waals surface area contributed by atoms with Crippen LogP contribution in [-0.2, 0) is 14.8 Å². The van der Waals surface area contributed by atoms with Crippen molar-refractivity contribution >= 4 is 21.6 Å². The van der Waals surface area contributed by atoms with Gasteiger partial charge >= 0.3 is 0 Å². The van der Waals surface area contributed by atoms with E-state index in [1.807, 2.05) is 0 Å². The molecule has 1 heterocycles. The Labute approximate surface area is 111 Å². The van der Waals surface area contributed by atoms with E-state index >= 15 is 0 Å². The molecule has 0 spiro atoms. The van der Waals surface area contributed by atoms with E-state index in [2.05, 4.69) is 5.32 Å². The summed E-state index contributed by atoms with van der Waals surface area (Å²) in [4.78, 5) is 11.4. The summed E-state index contributed by atoms with van der Waals surface area (Å²) in [5.41, 5.74) is 0.357. The number of anilines is 1. The number of amides is 1. The highest BCUT2D eigenvalue weighted by Gasteiger charge is 2.23. The molecule has 104 valence electrons.